The number of amides is 1. The van der Waals surface area contributed by atoms with Gasteiger partial charge in [0.15, 0.2) is 11.5 Å². The predicted octanol–water partition coefficient (Wildman–Crippen LogP) is 5.84. The predicted molar refractivity (Wildman–Crippen MR) is 126 cm³/mol. The second kappa shape index (κ2) is 10.7. The Morgan fingerprint density at radius 3 is 2.40 bits per heavy atom. The minimum Gasteiger partial charge on any atom is -0.493 e. The van der Waals surface area contributed by atoms with Gasteiger partial charge in [0.05, 0.1) is 17.6 Å². The van der Waals surface area contributed by atoms with Gasteiger partial charge in [-0.1, -0.05) is 32.0 Å². The summed E-state index contributed by atoms with van der Waals surface area (Å²) in [4.78, 5) is 14.5. The van der Waals surface area contributed by atoms with E-state index in [0.29, 0.717) is 23.1 Å². The van der Waals surface area contributed by atoms with Gasteiger partial charge >= 0.3 is 16.3 Å². The Hall–Kier alpha value is -3.05. The number of ether oxygens (including phenoxy) is 1. The van der Waals surface area contributed by atoms with Crippen molar-refractivity contribution in [2.45, 2.75) is 31.5 Å². The van der Waals surface area contributed by atoms with Crippen molar-refractivity contribution in [2.24, 2.45) is 5.92 Å². The minimum absolute atomic E-state index is 0.0734. The largest absolute Gasteiger partial charge is 0.493 e. The molecule has 6 nitrogen and oxygen atoms in total. The maximum Gasteiger partial charge on any atom is 0.416 e. The fraction of sp³-hybridized carbons (Fsp3) is 0.292. The van der Waals surface area contributed by atoms with E-state index in [1.165, 1.54) is 30.6 Å². The lowest BCUT2D eigenvalue weighted by molar-refractivity contribution is -0.137. The van der Waals surface area contributed by atoms with Crippen molar-refractivity contribution in [1.29, 1.82) is 0 Å². The Labute approximate surface area is 206 Å². The highest BCUT2D eigenvalue weighted by Gasteiger charge is 2.32. The molecule has 0 fully saturated rings. The maximum atomic E-state index is 13.0. The van der Waals surface area contributed by atoms with Crippen LogP contribution in [-0.4, -0.2) is 32.9 Å². The number of halogens is 3. The molecule has 3 rings (SSSR count). The molecule has 0 bridgehead atoms. The van der Waals surface area contributed by atoms with Crippen molar-refractivity contribution >= 4 is 27.4 Å². The number of benzene rings is 2. The van der Waals surface area contributed by atoms with Gasteiger partial charge in [-0.2, -0.15) is 21.6 Å². The number of methoxy groups -OCH3 is 1. The van der Waals surface area contributed by atoms with Crippen molar-refractivity contribution in [3.8, 4) is 11.5 Å². The fourth-order valence-corrected chi connectivity index (χ4v) is 4.99. The third-order valence-corrected chi connectivity index (χ3v) is 6.94. The van der Waals surface area contributed by atoms with E-state index in [1.807, 2.05) is 13.8 Å². The normalized spacial score (nSPS) is 12.0. The number of hydrogen-bond donors (Lipinski definition) is 0. The van der Waals surface area contributed by atoms with Crippen LogP contribution in [0.25, 0.3) is 0 Å². The summed E-state index contributed by atoms with van der Waals surface area (Å²) in [6.45, 7) is 4.57. The van der Waals surface area contributed by atoms with Crippen LogP contribution in [0.2, 0.25) is 0 Å². The zero-order chi connectivity index (χ0) is 25.8. The van der Waals surface area contributed by atoms with E-state index < -0.39 is 26.8 Å². The van der Waals surface area contributed by atoms with Gasteiger partial charge in [0, 0.05) is 13.1 Å². The molecule has 0 saturated carbocycles. The zero-order valence-corrected chi connectivity index (χ0v) is 20.8. The second-order valence-corrected chi connectivity index (χ2v) is 10.6. The number of carbonyl (C=O) groups excluding carboxylic acids is 1. The molecule has 188 valence electrons. The van der Waals surface area contributed by atoms with Crippen LogP contribution in [0.1, 0.15) is 34.6 Å². The van der Waals surface area contributed by atoms with Gasteiger partial charge in [0.2, 0.25) is 0 Å². The Bertz CT molecular complexity index is 1270. The van der Waals surface area contributed by atoms with Gasteiger partial charge in [0.1, 0.15) is 4.90 Å². The van der Waals surface area contributed by atoms with Crippen LogP contribution < -0.4 is 8.92 Å². The van der Waals surface area contributed by atoms with Gasteiger partial charge in [0.25, 0.3) is 5.91 Å². The van der Waals surface area contributed by atoms with Crippen molar-refractivity contribution in [1.82, 2.24) is 4.90 Å². The molecule has 0 aliphatic heterocycles. The molecular formula is C24H24F3NO5S2. The molecule has 0 saturated heterocycles. The zero-order valence-electron chi connectivity index (χ0n) is 19.2. The fourth-order valence-electron chi connectivity index (χ4n) is 3.32. The molecule has 0 aliphatic carbocycles. The standard InChI is InChI=1S/C24H24F3NO5S2/c1-16(2)14-28(23(29)22-8-5-11-34-22)15-17-9-10-20(32-3)21(12-17)33-35(30,31)19-7-4-6-18(13-19)24(25,26)27/h4-13,16H,14-15H2,1-3H3. The summed E-state index contributed by atoms with van der Waals surface area (Å²) < 4.78 is 75.1. The summed E-state index contributed by atoms with van der Waals surface area (Å²) in [5, 5.41) is 1.80. The van der Waals surface area contributed by atoms with E-state index in [2.05, 4.69) is 0 Å². The molecule has 1 amide bonds. The molecule has 0 aliphatic rings. The van der Waals surface area contributed by atoms with Crippen LogP contribution in [-0.2, 0) is 22.8 Å². The van der Waals surface area contributed by atoms with Crippen molar-refractivity contribution in [2.75, 3.05) is 13.7 Å². The number of rotatable bonds is 9. The number of alkyl halides is 3. The van der Waals surface area contributed by atoms with Crippen LogP contribution in [0.5, 0.6) is 11.5 Å². The molecule has 0 spiro atoms. The molecular weight excluding hydrogens is 503 g/mol. The van der Waals surface area contributed by atoms with Crippen molar-refractivity contribution in [3.63, 3.8) is 0 Å². The quantitative estimate of drug-likeness (QED) is 0.327. The minimum atomic E-state index is -4.71. The van der Waals surface area contributed by atoms with Crippen molar-refractivity contribution < 1.29 is 35.3 Å². The summed E-state index contributed by atoms with van der Waals surface area (Å²) in [6.07, 6.45) is -4.71. The first-order valence-electron chi connectivity index (χ1n) is 10.5. The molecule has 1 aromatic heterocycles. The monoisotopic (exact) mass is 527 g/mol. The highest BCUT2D eigenvalue weighted by molar-refractivity contribution is 7.87. The lowest BCUT2D eigenvalue weighted by atomic mass is 10.1. The average molecular weight is 528 g/mol. The lowest BCUT2D eigenvalue weighted by Gasteiger charge is -2.24. The smallest absolute Gasteiger partial charge is 0.416 e. The van der Waals surface area contributed by atoms with Gasteiger partial charge in [-0.05, 0) is 53.3 Å². The Balaban J connectivity index is 1.91. The number of nitrogens with zero attached hydrogens (tertiary/aromatic N) is 1. The molecule has 2 aromatic carbocycles. The van der Waals surface area contributed by atoms with Crippen LogP contribution in [0.3, 0.4) is 0 Å². The molecule has 11 heteroatoms. The number of carbonyl (C=O) groups is 1. The first-order chi connectivity index (χ1) is 16.4. The van der Waals surface area contributed by atoms with Crippen LogP contribution in [0, 0.1) is 5.92 Å². The lowest BCUT2D eigenvalue weighted by Crippen LogP contribution is -2.33. The van der Waals surface area contributed by atoms with E-state index >= 15 is 0 Å². The molecule has 0 atom stereocenters. The number of hydrogen-bond acceptors (Lipinski definition) is 6. The summed E-state index contributed by atoms with van der Waals surface area (Å²) in [5.74, 6) is -0.113. The topological polar surface area (TPSA) is 72.9 Å². The molecule has 0 unspecified atom stereocenters. The maximum absolute atomic E-state index is 13.0. The van der Waals surface area contributed by atoms with Gasteiger partial charge in [-0.25, -0.2) is 0 Å². The Morgan fingerprint density at radius 2 is 1.80 bits per heavy atom. The second-order valence-electron chi connectivity index (χ2n) is 8.11. The first kappa shape index (κ1) is 26.6. The number of thiophene rings is 1. The van der Waals surface area contributed by atoms with E-state index in [4.69, 9.17) is 8.92 Å². The molecule has 3 aromatic rings. The summed E-state index contributed by atoms with van der Waals surface area (Å²) in [6, 6.07) is 11.3. The highest BCUT2D eigenvalue weighted by atomic mass is 32.2. The third-order valence-electron chi connectivity index (χ3n) is 4.86. The molecule has 35 heavy (non-hydrogen) atoms. The van der Waals surface area contributed by atoms with E-state index in [9.17, 15) is 26.4 Å². The summed E-state index contributed by atoms with van der Waals surface area (Å²) >= 11 is 1.32. The summed E-state index contributed by atoms with van der Waals surface area (Å²) in [7, 11) is -3.29. The van der Waals surface area contributed by atoms with Gasteiger partial charge in [-0.3, -0.25) is 4.79 Å². The molecule has 0 radical (unpaired) electrons. The highest BCUT2D eigenvalue weighted by Crippen LogP contribution is 2.34. The Morgan fingerprint density at radius 1 is 1.06 bits per heavy atom. The molecule has 0 N–H and O–H groups in total. The van der Waals surface area contributed by atoms with Crippen LogP contribution in [0.4, 0.5) is 13.2 Å². The first-order valence-corrected chi connectivity index (χ1v) is 12.8. The third kappa shape index (κ3) is 6.76. The SMILES string of the molecule is COc1ccc(CN(CC(C)C)C(=O)c2cccs2)cc1OS(=O)(=O)c1cccc(C(F)(F)F)c1. The van der Waals surface area contributed by atoms with E-state index in [-0.39, 0.29) is 29.9 Å². The van der Waals surface area contributed by atoms with E-state index in [0.717, 1.165) is 18.2 Å². The summed E-state index contributed by atoms with van der Waals surface area (Å²) in [5.41, 5.74) is -0.551. The average Bonchev–Trinajstić information content (AvgIpc) is 3.32. The van der Waals surface area contributed by atoms with Gasteiger partial charge < -0.3 is 13.8 Å². The van der Waals surface area contributed by atoms with Crippen LogP contribution in [0.15, 0.2) is 64.9 Å². The van der Waals surface area contributed by atoms with Crippen molar-refractivity contribution in [3.05, 3.63) is 76.0 Å². The Kier molecular flexibility index (Phi) is 8.11. The van der Waals surface area contributed by atoms with Crippen LogP contribution >= 0.6 is 11.3 Å². The van der Waals surface area contributed by atoms with Gasteiger partial charge in [-0.15, -0.1) is 11.3 Å². The molecule has 1 heterocycles. The van der Waals surface area contributed by atoms with E-state index in [1.54, 1.807) is 28.5 Å².